The van der Waals surface area contributed by atoms with Crippen LogP contribution < -0.4 is 9.47 Å². The Morgan fingerprint density at radius 2 is 1.26 bits per heavy atom. The Morgan fingerprint density at radius 3 is 1.74 bits per heavy atom. The second kappa shape index (κ2) is 14.5. The van der Waals surface area contributed by atoms with Gasteiger partial charge < -0.3 is 19.7 Å². The van der Waals surface area contributed by atoms with E-state index in [4.69, 9.17) is 9.47 Å². The van der Waals surface area contributed by atoms with Crippen molar-refractivity contribution in [2.24, 2.45) is 11.8 Å². The Bertz CT molecular complexity index is 809. The minimum absolute atomic E-state index is 0.175. The van der Waals surface area contributed by atoms with Gasteiger partial charge in [0.2, 0.25) is 0 Å². The molecule has 2 N–H and O–H groups in total. The fraction of sp³-hybridized carbons (Fsp3) is 0.613. The molecule has 2 aromatic rings. The highest BCUT2D eigenvalue weighted by Crippen LogP contribution is 2.52. The van der Waals surface area contributed by atoms with Crippen LogP contribution >= 0.6 is 0 Å². The molecule has 0 radical (unpaired) electrons. The van der Waals surface area contributed by atoms with Crippen molar-refractivity contribution in [1.82, 2.24) is 0 Å². The third kappa shape index (κ3) is 7.24. The van der Waals surface area contributed by atoms with Crippen molar-refractivity contribution in [3.05, 3.63) is 59.7 Å². The molecule has 0 aliphatic heterocycles. The Hall–Kier alpha value is -2.04. The van der Waals surface area contributed by atoms with Gasteiger partial charge >= 0.3 is 0 Å². The van der Waals surface area contributed by atoms with Crippen LogP contribution in [0.1, 0.15) is 89.2 Å². The number of aliphatic hydroxyl groups excluding tert-OH is 2. The number of para-hydroxylation sites is 2. The molecule has 0 spiro atoms. The Balaban J connectivity index is 2.07. The van der Waals surface area contributed by atoms with Crippen LogP contribution in [0.5, 0.6) is 11.5 Å². The standard InChI is InChI=1S/C31H46O4/c1-3-25-17-18-31(24-26(4-2)23-25,27-13-5-7-15-29(27)34-21-11-9-19-32)28-14-6-8-16-30(28)35-22-12-10-20-33/h5-8,13-16,25-26,32-33H,3-4,9-12,17-24H2,1-2H3. The van der Waals surface area contributed by atoms with Gasteiger partial charge in [-0.05, 0) is 75.3 Å². The van der Waals surface area contributed by atoms with E-state index in [1.807, 2.05) is 0 Å². The molecule has 2 unspecified atom stereocenters. The zero-order valence-electron chi connectivity index (χ0n) is 21.9. The topological polar surface area (TPSA) is 58.9 Å². The van der Waals surface area contributed by atoms with Crippen molar-refractivity contribution >= 4 is 0 Å². The lowest BCUT2D eigenvalue weighted by Crippen LogP contribution is -2.31. The summed E-state index contributed by atoms with van der Waals surface area (Å²) in [7, 11) is 0. The van der Waals surface area contributed by atoms with Gasteiger partial charge in [-0.3, -0.25) is 0 Å². The van der Waals surface area contributed by atoms with Crippen LogP contribution in [-0.4, -0.2) is 36.6 Å². The SMILES string of the molecule is CCC1CCC(c2ccccc2OCCCCO)(c2ccccc2OCCCCO)CC(CC)C1. The maximum absolute atomic E-state index is 9.20. The number of benzene rings is 2. The summed E-state index contributed by atoms with van der Waals surface area (Å²) < 4.78 is 12.8. The van der Waals surface area contributed by atoms with Crippen LogP contribution in [0.25, 0.3) is 0 Å². The van der Waals surface area contributed by atoms with E-state index in [-0.39, 0.29) is 18.6 Å². The molecular formula is C31H46O4. The van der Waals surface area contributed by atoms with Crippen LogP contribution in [0.3, 0.4) is 0 Å². The highest BCUT2D eigenvalue weighted by atomic mass is 16.5. The molecule has 1 aliphatic rings. The van der Waals surface area contributed by atoms with E-state index in [1.54, 1.807) is 0 Å². The van der Waals surface area contributed by atoms with Crippen LogP contribution in [0.15, 0.2) is 48.5 Å². The van der Waals surface area contributed by atoms with Crippen LogP contribution in [0.4, 0.5) is 0 Å². The number of ether oxygens (including phenoxy) is 2. The first-order valence-electron chi connectivity index (χ1n) is 13.8. The van der Waals surface area contributed by atoms with Gasteiger partial charge in [0.15, 0.2) is 0 Å². The minimum Gasteiger partial charge on any atom is -0.493 e. The third-order valence-electron chi connectivity index (χ3n) is 7.86. The largest absolute Gasteiger partial charge is 0.493 e. The summed E-state index contributed by atoms with van der Waals surface area (Å²) in [5, 5.41) is 18.4. The molecule has 35 heavy (non-hydrogen) atoms. The summed E-state index contributed by atoms with van der Waals surface area (Å²) in [5.74, 6) is 3.32. The van der Waals surface area contributed by atoms with E-state index >= 15 is 0 Å². The molecule has 194 valence electrons. The first kappa shape index (κ1) is 27.5. The normalized spacial score (nSPS) is 19.8. The first-order chi connectivity index (χ1) is 17.2. The van der Waals surface area contributed by atoms with Gasteiger partial charge in [0.25, 0.3) is 0 Å². The maximum atomic E-state index is 9.20. The predicted molar refractivity (Wildman–Crippen MR) is 143 cm³/mol. The molecule has 0 amide bonds. The second-order valence-electron chi connectivity index (χ2n) is 10.2. The van der Waals surface area contributed by atoms with Crippen LogP contribution in [0, 0.1) is 11.8 Å². The van der Waals surface area contributed by atoms with Gasteiger partial charge in [-0.1, -0.05) is 63.1 Å². The molecular weight excluding hydrogens is 436 g/mol. The van der Waals surface area contributed by atoms with Crippen molar-refractivity contribution in [3.63, 3.8) is 0 Å². The first-order valence-corrected chi connectivity index (χ1v) is 13.8. The number of unbranched alkanes of at least 4 members (excludes halogenated alkanes) is 2. The molecule has 4 nitrogen and oxygen atoms in total. The van der Waals surface area contributed by atoms with Gasteiger partial charge in [-0.2, -0.15) is 0 Å². The van der Waals surface area contributed by atoms with E-state index < -0.39 is 0 Å². The predicted octanol–water partition coefficient (Wildman–Crippen LogP) is 6.90. The minimum atomic E-state index is -0.175. The van der Waals surface area contributed by atoms with Crippen LogP contribution in [-0.2, 0) is 5.41 Å². The quantitative estimate of drug-likeness (QED) is 0.227. The summed E-state index contributed by atoms with van der Waals surface area (Å²) in [6, 6.07) is 17.2. The summed E-state index contributed by atoms with van der Waals surface area (Å²) in [6.07, 6.45) is 10.3. The average molecular weight is 483 g/mol. The van der Waals surface area contributed by atoms with E-state index in [0.717, 1.165) is 55.9 Å². The fourth-order valence-electron chi connectivity index (χ4n) is 5.80. The lowest BCUT2D eigenvalue weighted by Gasteiger charge is -2.38. The molecule has 0 heterocycles. The summed E-state index contributed by atoms with van der Waals surface area (Å²) >= 11 is 0. The number of hydrogen-bond acceptors (Lipinski definition) is 4. The second-order valence-corrected chi connectivity index (χ2v) is 10.2. The highest BCUT2D eigenvalue weighted by Gasteiger charge is 2.42. The van der Waals surface area contributed by atoms with Gasteiger partial charge in [0, 0.05) is 29.8 Å². The molecule has 4 heteroatoms. The van der Waals surface area contributed by atoms with Gasteiger partial charge in [-0.15, -0.1) is 0 Å². The number of rotatable bonds is 14. The molecule has 2 aromatic carbocycles. The van der Waals surface area contributed by atoms with E-state index in [9.17, 15) is 10.2 Å². The molecule has 3 rings (SSSR count). The van der Waals surface area contributed by atoms with E-state index in [2.05, 4.69) is 62.4 Å². The summed E-state index contributed by atoms with van der Waals surface area (Å²) in [5.41, 5.74) is 2.36. The van der Waals surface area contributed by atoms with Crippen molar-refractivity contribution < 1.29 is 19.7 Å². The van der Waals surface area contributed by atoms with Crippen molar-refractivity contribution in [1.29, 1.82) is 0 Å². The smallest absolute Gasteiger partial charge is 0.123 e. The van der Waals surface area contributed by atoms with E-state index in [1.165, 1.54) is 36.8 Å². The third-order valence-corrected chi connectivity index (χ3v) is 7.86. The van der Waals surface area contributed by atoms with Crippen molar-refractivity contribution in [2.45, 2.75) is 83.5 Å². The average Bonchev–Trinajstić information content (AvgIpc) is 3.10. The highest BCUT2D eigenvalue weighted by molar-refractivity contribution is 5.52. The van der Waals surface area contributed by atoms with Crippen molar-refractivity contribution in [2.75, 3.05) is 26.4 Å². The summed E-state index contributed by atoms with van der Waals surface area (Å²) in [4.78, 5) is 0. The molecule has 0 saturated heterocycles. The number of aliphatic hydroxyl groups is 2. The van der Waals surface area contributed by atoms with Crippen LogP contribution in [0.2, 0.25) is 0 Å². The van der Waals surface area contributed by atoms with Crippen molar-refractivity contribution in [3.8, 4) is 11.5 Å². The van der Waals surface area contributed by atoms with E-state index in [0.29, 0.717) is 19.1 Å². The zero-order chi connectivity index (χ0) is 24.9. The maximum Gasteiger partial charge on any atom is 0.123 e. The summed E-state index contributed by atoms with van der Waals surface area (Å²) in [6.45, 7) is 6.30. The lowest BCUT2D eigenvalue weighted by molar-refractivity contribution is 0.243. The molecule has 0 aromatic heterocycles. The zero-order valence-corrected chi connectivity index (χ0v) is 21.9. The molecule has 0 bridgehead atoms. The lowest BCUT2D eigenvalue weighted by atomic mass is 9.66. The molecule has 2 atom stereocenters. The molecule has 1 fully saturated rings. The molecule has 1 saturated carbocycles. The van der Waals surface area contributed by atoms with Gasteiger partial charge in [-0.25, -0.2) is 0 Å². The Morgan fingerprint density at radius 1 is 0.743 bits per heavy atom. The number of hydrogen-bond donors (Lipinski definition) is 2. The Labute approximate surface area is 212 Å². The monoisotopic (exact) mass is 482 g/mol. The Kier molecular flexibility index (Phi) is 11.4. The van der Waals surface area contributed by atoms with Gasteiger partial charge in [0.05, 0.1) is 13.2 Å². The fourth-order valence-corrected chi connectivity index (χ4v) is 5.80. The molecule has 1 aliphatic carbocycles. The van der Waals surface area contributed by atoms with Gasteiger partial charge in [0.1, 0.15) is 11.5 Å².